The van der Waals surface area contributed by atoms with E-state index in [1.807, 2.05) is 62.4 Å². The van der Waals surface area contributed by atoms with E-state index in [1.165, 1.54) is 0 Å². The molecule has 0 aliphatic carbocycles. The lowest BCUT2D eigenvalue weighted by atomic mass is 10.1. The van der Waals surface area contributed by atoms with Gasteiger partial charge in [0.25, 0.3) is 5.91 Å². The molecule has 0 atom stereocenters. The molecule has 4 aromatic rings. The van der Waals surface area contributed by atoms with Crippen LogP contribution in [0.2, 0.25) is 5.02 Å². The number of amides is 1. The summed E-state index contributed by atoms with van der Waals surface area (Å²) in [5.41, 5.74) is 3.68. The quantitative estimate of drug-likeness (QED) is 0.380. The monoisotopic (exact) mass is 432 g/mol. The highest BCUT2D eigenvalue weighted by atomic mass is 35.5. The van der Waals surface area contributed by atoms with Crippen molar-refractivity contribution in [2.24, 2.45) is 0 Å². The molecule has 6 heteroatoms. The van der Waals surface area contributed by atoms with Crippen molar-refractivity contribution >= 4 is 23.2 Å². The Morgan fingerprint density at radius 2 is 1.77 bits per heavy atom. The Balaban J connectivity index is 1.44. The number of halogens is 1. The zero-order valence-electron chi connectivity index (χ0n) is 17.2. The minimum atomic E-state index is -0.197. The maximum absolute atomic E-state index is 12.6. The van der Waals surface area contributed by atoms with Crippen molar-refractivity contribution in [2.45, 2.75) is 20.5 Å². The zero-order chi connectivity index (χ0) is 21.8. The second-order valence-corrected chi connectivity index (χ2v) is 7.55. The lowest BCUT2D eigenvalue weighted by molar-refractivity contribution is 0.102. The lowest BCUT2D eigenvalue weighted by Crippen LogP contribution is -2.12. The van der Waals surface area contributed by atoms with Crippen LogP contribution in [-0.2, 0) is 6.61 Å². The standard InChI is InChI=1S/C25H21ClN2O3/c1-16-14-20(26)12-13-22(16)27-24(29)18-8-10-19(11-9-18)25-28-23(17(2)31-25)15-30-21-6-4-3-5-7-21/h3-14H,15H2,1-2H3,(H,27,29). The van der Waals surface area contributed by atoms with Crippen molar-refractivity contribution in [1.29, 1.82) is 0 Å². The number of hydrogen-bond acceptors (Lipinski definition) is 4. The van der Waals surface area contributed by atoms with Gasteiger partial charge in [-0.2, -0.15) is 0 Å². The molecule has 31 heavy (non-hydrogen) atoms. The predicted octanol–water partition coefficient (Wildman–Crippen LogP) is 6.44. The number of carbonyl (C=O) groups is 1. The van der Waals surface area contributed by atoms with Gasteiger partial charge in [0.1, 0.15) is 23.8 Å². The number of nitrogens with zero attached hydrogens (tertiary/aromatic N) is 1. The van der Waals surface area contributed by atoms with Crippen molar-refractivity contribution in [2.75, 3.05) is 5.32 Å². The first-order valence-corrected chi connectivity index (χ1v) is 10.2. The Morgan fingerprint density at radius 1 is 1.03 bits per heavy atom. The fourth-order valence-electron chi connectivity index (χ4n) is 3.08. The molecular weight excluding hydrogens is 412 g/mol. The number of ether oxygens (including phenoxy) is 1. The van der Waals surface area contributed by atoms with Gasteiger partial charge in [-0.3, -0.25) is 4.79 Å². The van der Waals surface area contributed by atoms with Gasteiger partial charge in [-0.1, -0.05) is 29.8 Å². The van der Waals surface area contributed by atoms with Gasteiger partial charge in [0.15, 0.2) is 0 Å². The van der Waals surface area contributed by atoms with Crippen molar-refractivity contribution in [3.05, 3.63) is 100 Å². The Kier molecular flexibility index (Phi) is 6.05. The first-order chi connectivity index (χ1) is 15.0. The Labute approximate surface area is 185 Å². The van der Waals surface area contributed by atoms with Gasteiger partial charge in [-0.15, -0.1) is 0 Å². The van der Waals surface area contributed by atoms with Crippen molar-refractivity contribution in [3.63, 3.8) is 0 Å². The van der Waals surface area contributed by atoms with Crippen LogP contribution in [0.4, 0.5) is 5.69 Å². The molecule has 0 saturated heterocycles. The SMILES string of the molecule is Cc1cc(Cl)ccc1NC(=O)c1ccc(-c2nc(COc3ccccc3)c(C)o2)cc1. The summed E-state index contributed by atoms with van der Waals surface area (Å²) < 4.78 is 11.6. The molecule has 0 fully saturated rings. The highest BCUT2D eigenvalue weighted by Gasteiger charge is 2.14. The average Bonchev–Trinajstić information content (AvgIpc) is 3.15. The molecule has 0 radical (unpaired) electrons. The van der Waals surface area contributed by atoms with Crippen molar-refractivity contribution in [3.8, 4) is 17.2 Å². The van der Waals surface area contributed by atoms with Crippen LogP contribution in [0.25, 0.3) is 11.5 Å². The molecule has 0 aliphatic heterocycles. The maximum atomic E-state index is 12.6. The van der Waals surface area contributed by atoms with E-state index in [0.717, 1.165) is 28.3 Å². The van der Waals surface area contributed by atoms with Crippen molar-refractivity contribution in [1.82, 2.24) is 4.98 Å². The van der Waals surface area contributed by atoms with Crippen LogP contribution in [0.3, 0.4) is 0 Å². The fraction of sp³-hybridized carbons (Fsp3) is 0.120. The van der Waals surface area contributed by atoms with E-state index in [9.17, 15) is 4.79 Å². The molecule has 0 bridgehead atoms. The summed E-state index contributed by atoms with van der Waals surface area (Å²) >= 11 is 5.97. The van der Waals surface area contributed by atoms with Gasteiger partial charge in [0.2, 0.25) is 5.89 Å². The molecule has 1 N–H and O–H groups in total. The third-order valence-corrected chi connectivity index (χ3v) is 5.08. The van der Waals surface area contributed by atoms with E-state index in [4.69, 9.17) is 20.8 Å². The van der Waals surface area contributed by atoms with Crippen LogP contribution in [-0.4, -0.2) is 10.9 Å². The Bertz CT molecular complexity index is 1200. The lowest BCUT2D eigenvalue weighted by Gasteiger charge is -2.09. The van der Waals surface area contributed by atoms with Gasteiger partial charge in [0, 0.05) is 21.8 Å². The third kappa shape index (κ3) is 4.95. The normalized spacial score (nSPS) is 10.7. The van der Waals surface area contributed by atoms with Gasteiger partial charge in [-0.25, -0.2) is 4.98 Å². The number of rotatable bonds is 6. The molecule has 1 heterocycles. The summed E-state index contributed by atoms with van der Waals surface area (Å²) in [5, 5.41) is 3.54. The van der Waals surface area contributed by atoms with Gasteiger partial charge >= 0.3 is 0 Å². The molecule has 1 aromatic heterocycles. The molecule has 0 aliphatic rings. The van der Waals surface area contributed by atoms with Crippen LogP contribution in [0, 0.1) is 13.8 Å². The number of oxazole rings is 1. The van der Waals surface area contributed by atoms with Crippen LogP contribution in [0.15, 0.2) is 77.2 Å². The van der Waals surface area contributed by atoms with Crippen LogP contribution in [0.1, 0.15) is 27.4 Å². The summed E-state index contributed by atoms with van der Waals surface area (Å²) in [6, 6.07) is 22.0. The van der Waals surface area contributed by atoms with Crippen molar-refractivity contribution < 1.29 is 13.9 Å². The smallest absolute Gasteiger partial charge is 0.255 e. The van der Waals surface area contributed by atoms with E-state index >= 15 is 0 Å². The summed E-state index contributed by atoms with van der Waals surface area (Å²) in [6.45, 7) is 4.07. The second kappa shape index (κ2) is 9.06. The highest BCUT2D eigenvalue weighted by Crippen LogP contribution is 2.24. The third-order valence-electron chi connectivity index (χ3n) is 4.84. The van der Waals surface area contributed by atoms with E-state index in [-0.39, 0.29) is 5.91 Å². The minimum Gasteiger partial charge on any atom is -0.487 e. The van der Waals surface area contributed by atoms with Crippen LogP contribution in [0.5, 0.6) is 5.75 Å². The Hall–Kier alpha value is -3.57. The van der Waals surface area contributed by atoms with Gasteiger partial charge < -0.3 is 14.5 Å². The summed E-state index contributed by atoms with van der Waals surface area (Å²) in [5.74, 6) is 1.77. The van der Waals surface area contributed by atoms with E-state index < -0.39 is 0 Å². The topological polar surface area (TPSA) is 64.4 Å². The van der Waals surface area contributed by atoms with E-state index in [1.54, 1.807) is 24.3 Å². The predicted molar refractivity (Wildman–Crippen MR) is 122 cm³/mol. The number of anilines is 1. The number of para-hydroxylation sites is 1. The highest BCUT2D eigenvalue weighted by molar-refractivity contribution is 6.30. The number of benzene rings is 3. The Morgan fingerprint density at radius 3 is 2.48 bits per heavy atom. The summed E-state index contributed by atoms with van der Waals surface area (Å²) in [4.78, 5) is 17.1. The molecule has 0 unspecified atom stereocenters. The van der Waals surface area contributed by atoms with E-state index in [2.05, 4.69) is 10.3 Å². The van der Waals surface area contributed by atoms with Crippen LogP contribution < -0.4 is 10.1 Å². The minimum absolute atomic E-state index is 0.197. The average molecular weight is 433 g/mol. The molecule has 0 spiro atoms. The number of nitrogens with one attached hydrogen (secondary N) is 1. The number of hydrogen-bond donors (Lipinski definition) is 1. The maximum Gasteiger partial charge on any atom is 0.255 e. The molecule has 0 saturated carbocycles. The molecule has 3 aromatic carbocycles. The molecule has 5 nitrogen and oxygen atoms in total. The van der Waals surface area contributed by atoms with Gasteiger partial charge in [-0.05, 0) is 74.0 Å². The zero-order valence-corrected chi connectivity index (χ0v) is 17.9. The first kappa shape index (κ1) is 20.7. The van der Waals surface area contributed by atoms with Crippen LogP contribution >= 0.6 is 11.6 Å². The largest absolute Gasteiger partial charge is 0.487 e. The second-order valence-electron chi connectivity index (χ2n) is 7.11. The number of carbonyl (C=O) groups excluding carboxylic acids is 1. The summed E-state index contributed by atoms with van der Waals surface area (Å²) in [7, 11) is 0. The number of aryl methyl sites for hydroxylation is 2. The molecular formula is C25H21ClN2O3. The van der Waals surface area contributed by atoms with Gasteiger partial charge in [0.05, 0.1) is 0 Å². The first-order valence-electron chi connectivity index (χ1n) is 9.82. The molecule has 4 rings (SSSR count). The fourth-order valence-corrected chi connectivity index (χ4v) is 3.31. The summed E-state index contributed by atoms with van der Waals surface area (Å²) in [6.07, 6.45) is 0. The molecule has 156 valence electrons. The molecule has 1 amide bonds. The van der Waals surface area contributed by atoms with E-state index in [0.29, 0.717) is 28.8 Å². The number of aromatic nitrogens is 1.